The van der Waals surface area contributed by atoms with Crippen LogP contribution in [-0.4, -0.2) is 24.7 Å². The average Bonchev–Trinajstić information content (AvgIpc) is 2.23. The molecule has 0 bridgehead atoms. The molecule has 3 nitrogen and oxygen atoms in total. The maximum Gasteiger partial charge on any atom is 0.120 e. The molecule has 0 spiro atoms. The molecule has 0 aliphatic carbocycles. The number of aromatic hydroxyl groups is 1. The van der Waals surface area contributed by atoms with Crippen molar-refractivity contribution in [3.63, 3.8) is 0 Å². The summed E-state index contributed by atoms with van der Waals surface area (Å²) >= 11 is 2.26. The van der Waals surface area contributed by atoms with Gasteiger partial charge in [0.2, 0.25) is 0 Å². The van der Waals surface area contributed by atoms with E-state index in [0.717, 1.165) is 28.8 Å². The van der Waals surface area contributed by atoms with Crippen molar-refractivity contribution in [3.8, 4) is 5.75 Å². The molecule has 76 valence electrons. The molecule has 1 aliphatic rings. The van der Waals surface area contributed by atoms with E-state index in [0.29, 0.717) is 5.75 Å². The molecule has 1 aliphatic heterocycles. The summed E-state index contributed by atoms with van der Waals surface area (Å²) in [7, 11) is 0. The largest absolute Gasteiger partial charge is 0.508 e. The third-order valence-corrected chi connectivity index (χ3v) is 3.08. The number of phenolic OH excluding ortho intramolecular Hbond substituents is 1. The third kappa shape index (κ3) is 2.18. The van der Waals surface area contributed by atoms with E-state index in [-0.39, 0.29) is 6.04 Å². The zero-order valence-corrected chi connectivity index (χ0v) is 9.91. The number of hydrogen-bond acceptors (Lipinski definition) is 3. The Morgan fingerprint density at radius 2 is 2.21 bits per heavy atom. The van der Waals surface area contributed by atoms with Crippen molar-refractivity contribution in [2.24, 2.45) is 0 Å². The minimum atomic E-state index is 0.235. The first-order valence-electron chi connectivity index (χ1n) is 4.70. The molecule has 3 N–H and O–H groups in total. The summed E-state index contributed by atoms with van der Waals surface area (Å²) in [5.74, 6) is 0.381. The van der Waals surface area contributed by atoms with Crippen LogP contribution in [0.5, 0.6) is 5.75 Å². The van der Waals surface area contributed by atoms with Gasteiger partial charge in [-0.15, -0.1) is 0 Å². The Hall–Kier alpha value is -0.330. The van der Waals surface area contributed by atoms with Gasteiger partial charge in [0.25, 0.3) is 0 Å². The maximum atomic E-state index is 9.72. The van der Waals surface area contributed by atoms with Gasteiger partial charge in [-0.2, -0.15) is 0 Å². The molecular formula is C10H13IN2O. The molecule has 1 atom stereocenters. The van der Waals surface area contributed by atoms with E-state index in [1.807, 2.05) is 12.1 Å². The monoisotopic (exact) mass is 304 g/mol. The van der Waals surface area contributed by atoms with Gasteiger partial charge in [-0.25, -0.2) is 0 Å². The maximum absolute atomic E-state index is 9.72. The lowest BCUT2D eigenvalue weighted by atomic mass is 10.0. The van der Waals surface area contributed by atoms with Crippen molar-refractivity contribution in [1.82, 2.24) is 10.6 Å². The van der Waals surface area contributed by atoms with Crippen LogP contribution in [0, 0.1) is 3.57 Å². The number of benzene rings is 1. The molecule has 0 aromatic heterocycles. The Bertz CT molecular complexity index is 324. The predicted octanol–water partition coefficient (Wildman–Crippen LogP) is 1.23. The van der Waals surface area contributed by atoms with Crippen molar-refractivity contribution < 1.29 is 5.11 Å². The van der Waals surface area contributed by atoms with E-state index in [9.17, 15) is 5.11 Å². The first kappa shape index (κ1) is 10.2. The zero-order chi connectivity index (χ0) is 9.97. The second kappa shape index (κ2) is 4.46. The van der Waals surface area contributed by atoms with Crippen LogP contribution in [0.4, 0.5) is 0 Å². The van der Waals surface area contributed by atoms with Crippen LogP contribution in [-0.2, 0) is 0 Å². The highest BCUT2D eigenvalue weighted by Gasteiger charge is 2.17. The molecule has 0 saturated carbocycles. The Labute approximate surface area is 97.0 Å². The predicted molar refractivity (Wildman–Crippen MR) is 64.4 cm³/mol. The molecule has 0 unspecified atom stereocenters. The van der Waals surface area contributed by atoms with Gasteiger partial charge in [0.1, 0.15) is 5.75 Å². The van der Waals surface area contributed by atoms with Crippen LogP contribution in [0.3, 0.4) is 0 Å². The van der Waals surface area contributed by atoms with Gasteiger partial charge in [0, 0.05) is 34.8 Å². The molecule has 1 aromatic rings. The van der Waals surface area contributed by atoms with E-state index < -0.39 is 0 Å². The van der Waals surface area contributed by atoms with Gasteiger partial charge in [0.15, 0.2) is 0 Å². The van der Waals surface area contributed by atoms with Crippen LogP contribution >= 0.6 is 22.6 Å². The SMILES string of the molecule is Oc1ccc(I)cc1[C@@H]1CNCCN1. The Kier molecular flexibility index (Phi) is 3.25. The lowest BCUT2D eigenvalue weighted by molar-refractivity contribution is 0.404. The fourth-order valence-corrected chi connectivity index (χ4v) is 2.19. The summed E-state index contributed by atoms with van der Waals surface area (Å²) in [5.41, 5.74) is 0.990. The van der Waals surface area contributed by atoms with Crippen molar-refractivity contribution in [3.05, 3.63) is 27.3 Å². The molecule has 14 heavy (non-hydrogen) atoms. The van der Waals surface area contributed by atoms with Crippen LogP contribution in [0.1, 0.15) is 11.6 Å². The molecule has 2 rings (SSSR count). The first-order chi connectivity index (χ1) is 6.77. The zero-order valence-electron chi connectivity index (χ0n) is 7.76. The van der Waals surface area contributed by atoms with Crippen LogP contribution in [0.25, 0.3) is 0 Å². The van der Waals surface area contributed by atoms with E-state index in [1.165, 1.54) is 0 Å². The summed E-state index contributed by atoms with van der Waals surface area (Å²) < 4.78 is 1.16. The Balaban J connectivity index is 2.24. The summed E-state index contributed by atoms with van der Waals surface area (Å²) in [6.07, 6.45) is 0. The molecule has 1 heterocycles. The van der Waals surface area contributed by atoms with Gasteiger partial charge in [-0.3, -0.25) is 0 Å². The van der Waals surface area contributed by atoms with Crippen LogP contribution in [0.2, 0.25) is 0 Å². The van der Waals surface area contributed by atoms with Gasteiger partial charge < -0.3 is 15.7 Å². The van der Waals surface area contributed by atoms with Crippen LogP contribution < -0.4 is 10.6 Å². The fourth-order valence-electron chi connectivity index (χ4n) is 1.68. The highest BCUT2D eigenvalue weighted by atomic mass is 127. The Morgan fingerprint density at radius 3 is 2.93 bits per heavy atom. The highest BCUT2D eigenvalue weighted by molar-refractivity contribution is 14.1. The number of nitrogens with one attached hydrogen (secondary N) is 2. The topological polar surface area (TPSA) is 44.3 Å². The molecular weight excluding hydrogens is 291 g/mol. The van der Waals surface area contributed by atoms with Crippen molar-refractivity contribution in [2.45, 2.75) is 6.04 Å². The number of rotatable bonds is 1. The molecule has 1 aromatic carbocycles. The summed E-state index contributed by atoms with van der Waals surface area (Å²) in [6.45, 7) is 2.84. The standard InChI is InChI=1S/C10H13IN2O/c11-7-1-2-10(14)8(5-7)9-6-12-3-4-13-9/h1-2,5,9,12-14H,3-4,6H2/t9-/m0/s1. The number of piperazine rings is 1. The number of phenols is 1. The first-order valence-corrected chi connectivity index (χ1v) is 5.78. The van der Waals surface area contributed by atoms with E-state index in [2.05, 4.69) is 33.2 Å². The molecule has 1 fully saturated rings. The molecule has 0 amide bonds. The minimum absolute atomic E-state index is 0.235. The van der Waals surface area contributed by atoms with Gasteiger partial charge >= 0.3 is 0 Å². The van der Waals surface area contributed by atoms with E-state index in [1.54, 1.807) is 6.07 Å². The summed E-state index contributed by atoms with van der Waals surface area (Å²) in [5, 5.41) is 16.4. The van der Waals surface area contributed by atoms with Gasteiger partial charge in [0.05, 0.1) is 0 Å². The van der Waals surface area contributed by atoms with E-state index >= 15 is 0 Å². The number of halogens is 1. The smallest absolute Gasteiger partial charge is 0.120 e. The lowest BCUT2D eigenvalue weighted by Crippen LogP contribution is -2.42. The van der Waals surface area contributed by atoms with Gasteiger partial charge in [-0.1, -0.05) is 0 Å². The molecule has 0 radical (unpaired) electrons. The summed E-state index contributed by atoms with van der Waals surface area (Å²) in [4.78, 5) is 0. The van der Waals surface area contributed by atoms with Crippen molar-refractivity contribution >= 4 is 22.6 Å². The Morgan fingerprint density at radius 1 is 1.36 bits per heavy atom. The second-order valence-corrected chi connectivity index (χ2v) is 4.66. The van der Waals surface area contributed by atoms with E-state index in [4.69, 9.17) is 0 Å². The van der Waals surface area contributed by atoms with Crippen LogP contribution in [0.15, 0.2) is 18.2 Å². The fraction of sp³-hybridized carbons (Fsp3) is 0.400. The van der Waals surface area contributed by atoms with Crippen molar-refractivity contribution in [2.75, 3.05) is 19.6 Å². The molecule has 4 heteroatoms. The van der Waals surface area contributed by atoms with Gasteiger partial charge in [-0.05, 0) is 40.8 Å². The number of hydrogen-bond donors (Lipinski definition) is 3. The normalized spacial score (nSPS) is 22.2. The summed E-state index contributed by atoms with van der Waals surface area (Å²) in [6, 6.07) is 5.93. The minimum Gasteiger partial charge on any atom is -0.508 e. The average molecular weight is 304 g/mol. The quantitative estimate of drug-likeness (QED) is 0.684. The second-order valence-electron chi connectivity index (χ2n) is 3.41. The third-order valence-electron chi connectivity index (χ3n) is 2.41. The lowest BCUT2D eigenvalue weighted by Gasteiger charge is -2.25. The molecule has 1 saturated heterocycles. The highest BCUT2D eigenvalue weighted by Crippen LogP contribution is 2.26. The van der Waals surface area contributed by atoms with Crippen molar-refractivity contribution in [1.29, 1.82) is 0 Å².